The van der Waals surface area contributed by atoms with Gasteiger partial charge in [0.1, 0.15) is 11.4 Å². The van der Waals surface area contributed by atoms with Crippen LogP contribution in [0.15, 0.2) is 34.2 Å². The summed E-state index contributed by atoms with van der Waals surface area (Å²) >= 11 is 2.66. The number of benzene rings is 1. The molecule has 2 aromatic rings. The average Bonchev–Trinajstić information content (AvgIpc) is 3.19. The molecule has 0 unspecified atom stereocenters. The van der Waals surface area contributed by atoms with Gasteiger partial charge in [-0.1, -0.05) is 11.8 Å². The van der Waals surface area contributed by atoms with E-state index < -0.39 is 0 Å². The van der Waals surface area contributed by atoms with Gasteiger partial charge in [0.15, 0.2) is 5.03 Å². The van der Waals surface area contributed by atoms with Crippen molar-refractivity contribution in [2.45, 2.75) is 47.6 Å². The van der Waals surface area contributed by atoms with Crippen molar-refractivity contribution in [3.05, 3.63) is 30.1 Å². The van der Waals surface area contributed by atoms with Crippen LogP contribution in [0.1, 0.15) is 32.1 Å². The quantitative estimate of drug-likeness (QED) is 0.773. The van der Waals surface area contributed by atoms with Crippen molar-refractivity contribution >= 4 is 35.9 Å². The summed E-state index contributed by atoms with van der Waals surface area (Å²) in [4.78, 5) is 0.946. The second-order valence-corrected chi connectivity index (χ2v) is 7.45. The summed E-state index contributed by atoms with van der Waals surface area (Å²) in [5, 5.41) is 0.788. The van der Waals surface area contributed by atoms with Crippen molar-refractivity contribution in [2.24, 2.45) is 5.92 Å². The molecule has 2 saturated carbocycles. The lowest BCUT2D eigenvalue weighted by molar-refractivity contribution is 0.0721. The van der Waals surface area contributed by atoms with Crippen LogP contribution in [0.5, 0.6) is 5.88 Å². The molecule has 0 N–H and O–H groups in total. The van der Waals surface area contributed by atoms with E-state index in [9.17, 15) is 4.39 Å². The highest BCUT2D eigenvalue weighted by Gasteiger charge is 2.47. The van der Waals surface area contributed by atoms with Crippen LogP contribution in [0.4, 0.5) is 4.39 Å². The molecule has 2 fully saturated rings. The Balaban J connectivity index is 0.00000144. The Bertz CT molecular complexity index is 641. The highest BCUT2D eigenvalue weighted by molar-refractivity contribution is 7.99. The van der Waals surface area contributed by atoms with Crippen LogP contribution >= 0.6 is 35.9 Å². The van der Waals surface area contributed by atoms with Crippen molar-refractivity contribution in [3.8, 4) is 5.88 Å². The highest BCUT2D eigenvalue weighted by atomic mass is 35.5. The Kier molecular flexibility index (Phi) is 4.61. The predicted octanol–water partition coefficient (Wildman–Crippen LogP) is 4.96. The third-order valence-electron chi connectivity index (χ3n) is 4.45. The fraction of sp³-hybridized carbons (Fsp3) is 0.467. The maximum absolute atomic E-state index is 13.0. The molecule has 0 aliphatic heterocycles. The van der Waals surface area contributed by atoms with E-state index in [0.29, 0.717) is 5.88 Å². The number of ether oxygens (including phenoxy) is 1. The zero-order valence-corrected chi connectivity index (χ0v) is 14.3. The van der Waals surface area contributed by atoms with Gasteiger partial charge in [-0.05, 0) is 62.3 Å². The van der Waals surface area contributed by atoms with Gasteiger partial charge < -0.3 is 4.74 Å². The van der Waals surface area contributed by atoms with Crippen molar-refractivity contribution in [3.63, 3.8) is 0 Å². The van der Waals surface area contributed by atoms with Crippen LogP contribution in [0.3, 0.4) is 0 Å². The number of fused-ring (bicyclic) bond motifs is 2. The predicted molar refractivity (Wildman–Crippen MR) is 87.6 cm³/mol. The van der Waals surface area contributed by atoms with Crippen LogP contribution < -0.4 is 4.74 Å². The van der Waals surface area contributed by atoms with Gasteiger partial charge in [0.05, 0.1) is 11.7 Å². The molecule has 2 aliphatic rings. The number of hydrogen-bond donors (Lipinski definition) is 0. The van der Waals surface area contributed by atoms with E-state index in [-0.39, 0.29) is 23.8 Å². The van der Waals surface area contributed by atoms with E-state index >= 15 is 0 Å². The fourth-order valence-electron chi connectivity index (χ4n) is 3.40. The van der Waals surface area contributed by atoms with Gasteiger partial charge in [-0.2, -0.15) is 4.37 Å². The largest absolute Gasteiger partial charge is 0.468 e. The summed E-state index contributed by atoms with van der Waals surface area (Å²) in [6.45, 7) is 0. The molecule has 0 saturated heterocycles. The Hall–Kier alpha value is -0.850. The summed E-state index contributed by atoms with van der Waals surface area (Å²) in [5.74, 6) is 1.26. The summed E-state index contributed by atoms with van der Waals surface area (Å²) in [6, 6.07) is 6.42. The molecule has 0 spiro atoms. The third kappa shape index (κ3) is 3.09. The third-order valence-corrected chi connectivity index (χ3v) is 6.04. The highest BCUT2D eigenvalue weighted by Crippen LogP contribution is 2.50. The molecule has 4 rings (SSSR count). The molecule has 1 heterocycles. The lowest BCUT2D eigenvalue weighted by atomic mass is 9.97. The average molecular weight is 359 g/mol. The second-order valence-electron chi connectivity index (χ2n) is 5.86. The van der Waals surface area contributed by atoms with E-state index in [2.05, 4.69) is 8.75 Å². The summed E-state index contributed by atoms with van der Waals surface area (Å²) in [5.41, 5.74) is -0.00146. The normalized spacial score (nSPS) is 26.0. The number of hydrogen-bond acceptors (Lipinski definition) is 5. The van der Waals surface area contributed by atoms with E-state index in [1.807, 2.05) is 0 Å². The fourth-order valence-corrected chi connectivity index (χ4v) is 4.77. The van der Waals surface area contributed by atoms with Crippen LogP contribution in [0.25, 0.3) is 0 Å². The first-order chi connectivity index (χ1) is 10.2. The van der Waals surface area contributed by atoms with Crippen LogP contribution in [-0.2, 0) is 0 Å². The summed E-state index contributed by atoms with van der Waals surface area (Å²) in [6.07, 6.45) is 5.98. The van der Waals surface area contributed by atoms with E-state index in [1.165, 1.54) is 48.5 Å². The van der Waals surface area contributed by atoms with Crippen molar-refractivity contribution in [1.29, 1.82) is 0 Å². The van der Waals surface area contributed by atoms with E-state index in [0.717, 1.165) is 35.1 Å². The zero-order valence-electron chi connectivity index (χ0n) is 11.8. The Labute approximate surface area is 143 Å². The van der Waals surface area contributed by atoms with Crippen molar-refractivity contribution < 1.29 is 9.13 Å². The smallest absolute Gasteiger partial charge is 0.261 e. The molecule has 118 valence electrons. The number of nitrogens with zero attached hydrogens (tertiary/aromatic N) is 2. The molecule has 1 aromatic heterocycles. The van der Waals surface area contributed by atoms with Crippen LogP contribution in [-0.4, -0.2) is 14.3 Å². The molecule has 2 bridgehead atoms. The molecule has 7 heteroatoms. The van der Waals surface area contributed by atoms with Gasteiger partial charge in [-0.25, -0.2) is 4.39 Å². The second kappa shape index (κ2) is 6.34. The topological polar surface area (TPSA) is 35.0 Å². The monoisotopic (exact) mass is 358 g/mol. The van der Waals surface area contributed by atoms with Crippen LogP contribution in [0, 0.1) is 11.7 Å². The van der Waals surface area contributed by atoms with Gasteiger partial charge in [-0.15, -0.1) is 16.8 Å². The van der Waals surface area contributed by atoms with Crippen molar-refractivity contribution in [1.82, 2.24) is 8.75 Å². The standard InChI is InChI=1S/C15H15FN2OS2.ClH/c16-11-1-3-12(4-2-11)20-14-13(17-21-18-14)19-15-7-5-10(9-15)6-8-15;/h1-4,10H,5-9H2;1H/t10-,15+;. The Morgan fingerprint density at radius 2 is 1.91 bits per heavy atom. The molecule has 3 nitrogen and oxygen atoms in total. The first kappa shape index (κ1) is 16.0. The molecule has 0 atom stereocenters. The minimum Gasteiger partial charge on any atom is -0.468 e. The van der Waals surface area contributed by atoms with Gasteiger partial charge in [0, 0.05) is 4.90 Å². The zero-order chi connectivity index (χ0) is 14.3. The molecular formula is C15H16ClFN2OS2. The Morgan fingerprint density at radius 3 is 2.55 bits per heavy atom. The molecular weight excluding hydrogens is 343 g/mol. The number of rotatable bonds is 4. The minimum atomic E-state index is -0.228. The first-order valence-electron chi connectivity index (χ1n) is 7.17. The van der Waals surface area contributed by atoms with Gasteiger partial charge in [0.2, 0.25) is 0 Å². The van der Waals surface area contributed by atoms with Gasteiger partial charge in [0.25, 0.3) is 5.88 Å². The van der Waals surface area contributed by atoms with Gasteiger partial charge in [-0.3, -0.25) is 0 Å². The van der Waals surface area contributed by atoms with Crippen LogP contribution in [0.2, 0.25) is 0 Å². The number of halogens is 2. The Morgan fingerprint density at radius 1 is 1.18 bits per heavy atom. The maximum atomic E-state index is 13.0. The first-order valence-corrected chi connectivity index (χ1v) is 8.72. The van der Waals surface area contributed by atoms with Gasteiger partial charge >= 0.3 is 0 Å². The molecule has 22 heavy (non-hydrogen) atoms. The lowest BCUT2D eigenvalue weighted by Crippen LogP contribution is -2.30. The van der Waals surface area contributed by atoms with E-state index in [1.54, 1.807) is 12.1 Å². The molecule has 2 aliphatic carbocycles. The maximum Gasteiger partial charge on any atom is 0.261 e. The minimum absolute atomic E-state index is 0. The SMILES string of the molecule is Cl.Fc1ccc(Sc2nsnc2O[C@]23CC[C@@H](CC2)C3)cc1. The number of aromatic nitrogens is 2. The van der Waals surface area contributed by atoms with E-state index in [4.69, 9.17) is 4.74 Å². The summed E-state index contributed by atoms with van der Waals surface area (Å²) in [7, 11) is 0. The lowest BCUT2D eigenvalue weighted by Gasteiger charge is -2.26. The molecule has 1 aromatic carbocycles. The van der Waals surface area contributed by atoms with Crippen molar-refractivity contribution in [2.75, 3.05) is 0 Å². The molecule has 0 radical (unpaired) electrons. The summed E-state index contributed by atoms with van der Waals surface area (Å²) < 4.78 is 27.9. The molecule has 0 amide bonds.